The fraction of sp³-hybridized carbons (Fsp3) is 0.250. The van der Waals surface area contributed by atoms with Crippen LogP contribution in [-0.2, 0) is 4.79 Å². The fourth-order valence-corrected chi connectivity index (χ4v) is 2.74. The van der Waals surface area contributed by atoms with Gasteiger partial charge in [0, 0.05) is 35.4 Å². The third kappa shape index (κ3) is 4.75. The molecule has 29 heavy (non-hydrogen) atoms. The Balaban J connectivity index is 1.65. The van der Waals surface area contributed by atoms with Gasteiger partial charge >= 0.3 is 5.97 Å². The molecule has 2 heterocycles. The van der Waals surface area contributed by atoms with Crippen LogP contribution in [0.15, 0.2) is 42.7 Å². The SMILES string of the molecule is CC(C)n1ncc2cc(C(=O)Nc3ccc(C(=O)NCCC(=O)O)cc3)cnc21. The molecule has 1 aromatic carbocycles. The van der Waals surface area contributed by atoms with Gasteiger partial charge in [-0.1, -0.05) is 0 Å². The van der Waals surface area contributed by atoms with Gasteiger partial charge in [0.1, 0.15) is 0 Å². The van der Waals surface area contributed by atoms with Crippen molar-refractivity contribution in [3.8, 4) is 0 Å². The second-order valence-corrected chi connectivity index (χ2v) is 6.75. The first-order chi connectivity index (χ1) is 13.8. The van der Waals surface area contributed by atoms with Crippen molar-refractivity contribution in [3.63, 3.8) is 0 Å². The molecular weight excluding hydrogens is 374 g/mol. The Labute approximate surface area is 166 Å². The van der Waals surface area contributed by atoms with E-state index in [4.69, 9.17) is 5.11 Å². The molecule has 2 aromatic heterocycles. The molecule has 0 unspecified atom stereocenters. The third-order valence-electron chi connectivity index (χ3n) is 4.21. The molecule has 0 aliphatic carbocycles. The number of benzene rings is 1. The lowest BCUT2D eigenvalue weighted by atomic mass is 10.1. The molecule has 0 atom stereocenters. The zero-order valence-corrected chi connectivity index (χ0v) is 16.0. The normalized spacial score (nSPS) is 10.9. The van der Waals surface area contributed by atoms with Gasteiger partial charge in [-0.25, -0.2) is 9.67 Å². The average molecular weight is 395 g/mol. The van der Waals surface area contributed by atoms with Crippen molar-refractivity contribution in [2.75, 3.05) is 11.9 Å². The molecule has 9 nitrogen and oxygen atoms in total. The van der Waals surface area contributed by atoms with Crippen LogP contribution in [0.4, 0.5) is 5.69 Å². The predicted octanol–water partition coefficient (Wildman–Crippen LogP) is 2.47. The minimum Gasteiger partial charge on any atom is -0.481 e. The topological polar surface area (TPSA) is 126 Å². The number of carboxylic acids is 1. The summed E-state index contributed by atoms with van der Waals surface area (Å²) in [5.41, 5.74) is 2.01. The van der Waals surface area contributed by atoms with Crippen LogP contribution in [0.25, 0.3) is 11.0 Å². The maximum Gasteiger partial charge on any atom is 0.305 e. The predicted molar refractivity (Wildman–Crippen MR) is 107 cm³/mol. The number of amides is 2. The molecule has 3 N–H and O–H groups in total. The van der Waals surface area contributed by atoms with Gasteiger partial charge in [-0.05, 0) is 44.2 Å². The minimum absolute atomic E-state index is 0.0511. The highest BCUT2D eigenvalue weighted by Crippen LogP contribution is 2.18. The molecule has 0 aliphatic rings. The molecule has 0 radical (unpaired) electrons. The van der Waals surface area contributed by atoms with E-state index in [0.29, 0.717) is 16.8 Å². The Morgan fingerprint density at radius 2 is 1.79 bits per heavy atom. The highest BCUT2D eigenvalue weighted by molar-refractivity contribution is 6.05. The molecule has 0 saturated heterocycles. The number of hydrogen-bond acceptors (Lipinski definition) is 5. The standard InChI is InChI=1S/C20H21N5O4/c1-12(2)25-18-14(11-23-25)9-15(10-22-18)20(29)24-16-5-3-13(4-6-16)19(28)21-8-7-17(26)27/h3-6,9-12H,7-8H2,1-2H3,(H,21,28)(H,24,29)(H,26,27). The van der Waals surface area contributed by atoms with Crippen LogP contribution in [0.2, 0.25) is 0 Å². The van der Waals surface area contributed by atoms with Crippen molar-refractivity contribution >= 4 is 34.5 Å². The zero-order chi connectivity index (χ0) is 21.0. The highest BCUT2D eigenvalue weighted by atomic mass is 16.4. The summed E-state index contributed by atoms with van der Waals surface area (Å²) in [5, 5.41) is 18.9. The number of anilines is 1. The first-order valence-electron chi connectivity index (χ1n) is 9.10. The molecule has 0 bridgehead atoms. The van der Waals surface area contributed by atoms with E-state index in [2.05, 4.69) is 20.7 Å². The summed E-state index contributed by atoms with van der Waals surface area (Å²) in [4.78, 5) is 39.3. The van der Waals surface area contributed by atoms with Crippen LogP contribution in [0.3, 0.4) is 0 Å². The summed E-state index contributed by atoms with van der Waals surface area (Å²) in [6.07, 6.45) is 3.04. The number of carboxylic acid groups (broad SMARTS) is 1. The zero-order valence-electron chi connectivity index (χ0n) is 16.0. The van der Waals surface area contributed by atoms with Crippen molar-refractivity contribution in [1.29, 1.82) is 0 Å². The molecule has 0 saturated carbocycles. The average Bonchev–Trinajstić information content (AvgIpc) is 3.11. The van der Waals surface area contributed by atoms with Gasteiger partial charge in [0.05, 0.1) is 18.2 Å². The maximum atomic E-state index is 12.5. The summed E-state index contributed by atoms with van der Waals surface area (Å²) in [6.45, 7) is 4.06. The number of hydrogen-bond donors (Lipinski definition) is 3. The van der Waals surface area contributed by atoms with Gasteiger partial charge in [0.15, 0.2) is 5.65 Å². The Morgan fingerprint density at radius 3 is 2.45 bits per heavy atom. The number of carbonyl (C=O) groups is 3. The molecule has 3 rings (SSSR count). The van der Waals surface area contributed by atoms with Crippen LogP contribution in [-0.4, -0.2) is 44.2 Å². The Kier molecular flexibility index (Phi) is 5.87. The van der Waals surface area contributed by atoms with Gasteiger partial charge in [-0.2, -0.15) is 5.10 Å². The highest BCUT2D eigenvalue weighted by Gasteiger charge is 2.12. The van der Waals surface area contributed by atoms with Crippen molar-refractivity contribution in [1.82, 2.24) is 20.1 Å². The summed E-state index contributed by atoms with van der Waals surface area (Å²) >= 11 is 0. The van der Waals surface area contributed by atoms with Crippen LogP contribution < -0.4 is 10.6 Å². The molecule has 9 heteroatoms. The summed E-state index contributed by atoms with van der Waals surface area (Å²) in [7, 11) is 0. The number of rotatable bonds is 7. The van der Waals surface area contributed by atoms with Gasteiger partial charge in [-0.15, -0.1) is 0 Å². The van der Waals surface area contributed by atoms with E-state index in [1.807, 2.05) is 13.8 Å². The van der Waals surface area contributed by atoms with E-state index in [-0.39, 0.29) is 30.8 Å². The smallest absolute Gasteiger partial charge is 0.305 e. The van der Waals surface area contributed by atoms with E-state index in [1.165, 1.54) is 6.20 Å². The number of aromatic nitrogens is 3. The van der Waals surface area contributed by atoms with Crippen molar-refractivity contribution in [2.24, 2.45) is 0 Å². The third-order valence-corrected chi connectivity index (χ3v) is 4.21. The largest absolute Gasteiger partial charge is 0.481 e. The lowest BCUT2D eigenvalue weighted by Gasteiger charge is -2.08. The van der Waals surface area contributed by atoms with E-state index in [1.54, 1.807) is 41.2 Å². The van der Waals surface area contributed by atoms with Gasteiger partial charge in [0.25, 0.3) is 11.8 Å². The van der Waals surface area contributed by atoms with E-state index in [0.717, 1.165) is 11.0 Å². The number of aliphatic carboxylic acids is 1. The maximum absolute atomic E-state index is 12.5. The Morgan fingerprint density at radius 1 is 1.07 bits per heavy atom. The van der Waals surface area contributed by atoms with E-state index < -0.39 is 5.97 Å². The second-order valence-electron chi connectivity index (χ2n) is 6.75. The Bertz CT molecular complexity index is 1060. The number of carbonyl (C=O) groups excluding carboxylic acids is 2. The molecule has 3 aromatic rings. The summed E-state index contributed by atoms with van der Waals surface area (Å²) in [5.74, 6) is -1.68. The first-order valence-corrected chi connectivity index (χ1v) is 9.10. The Hall–Kier alpha value is -3.75. The minimum atomic E-state index is -0.979. The van der Waals surface area contributed by atoms with Gasteiger partial charge in [-0.3, -0.25) is 14.4 Å². The number of nitrogens with zero attached hydrogens (tertiary/aromatic N) is 3. The number of fused-ring (bicyclic) bond motifs is 1. The lowest BCUT2D eigenvalue weighted by molar-refractivity contribution is -0.136. The van der Waals surface area contributed by atoms with Crippen molar-refractivity contribution in [3.05, 3.63) is 53.9 Å². The molecular formula is C20H21N5O4. The summed E-state index contributed by atoms with van der Waals surface area (Å²) in [6, 6.07) is 8.21. The van der Waals surface area contributed by atoms with Crippen molar-refractivity contribution in [2.45, 2.75) is 26.3 Å². The molecule has 0 fully saturated rings. The quantitative estimate of drug-likeness (QED) is 0.564. The first kappa shape index (κ1) is 20.0. The van der Waals surface area contributed by atoms with Crippen LogP contribution >= 0.6 is 0 Å². The van der Waals surface area contributed by atoms with Crippen LogP contribution in [0.5, 0.6) is 0 Å². The van der Waals surface area contributed by atoms with E-state index >= 15 is 0 Å². The molecule has 0 aliphatic heterocycles. The van der Waals surface area contributed by atoms with E-state index in [9.17, 15) is 14.4 Å². The fourth-order valence-electron chi connectivity index (χ4n) is 2.74. The van der Waals surface area contributed by atoms with Crippen LogP contribution in [0.1, 0.15) is 47.0 Å². The summed E-state index contributed by atoms with van der Waals surface area (Å²) < 4.78 is 1.79. The monoisotopic (exact) mass is 395 g/mol. The van der Waals surface area contributed by atoms with Crippen LogP contribution in [0, 0.1) is 0 Å². The molecule has 2 amide bonds. The second kappa shape index (κ2) is 8.51. The molecule has 150 valence electrons. The van der Waals surface area contributed by atoms with Crippen molar-refractivity contribution < 1.29 is 19.5 Å². The van der Waals surface area contributed by atoms with Gasteiger partial charge in [0.2, 0.25) is 0 Å². The molecule has 0 spiro atoms. The number of pyridine rings is 1. The lowest BCUT2D eigenvalue weighted by Crippen LogP contribution is -2.25. The number of nitrogens with one attached hydrogen (secondary N) is 2. The van der Waals surface area contributed by atoms with Gasteiger partial charge < -0.3 is 15.7 Å².